The van der Waals surface area contributed by atoms with E-state index in [4.69, 9.17) is 11.5 Å². The van der Waals surface area contributed by atoms with E-state index < -0.39 is 0 Å². The van der Waals surface area contributed by atoms with Gasteiger partial charge in [0.05, 0.1) is 0 Å². The standard InChI is InChI=1S/C8H16N2/c1-3-5-7(9)8(10)6-4-2/h3-4,7-8H,1-2,5-6,9-10H2. The van der Waals surface area contributed by atoms with Crippen LogP contribution in [0, 0.1) is 0 Å². The predicted octanol–water partition coefficient (Wildman–Crippen LogP) is 0.793. The maximum absolute atomic E-state index is 5.67. The lowest BCUT2D eigenvalue weighted by Crippen LogP contribution is -2.40. The van der Waals surface area contributed by atoms with Gasteiger partial charge in [-0.2, -0.15) is 0 Å². The van der Waals surface area contributed by atoms with Crippen LogP contribution in [0.2, 0.25) is 0 Å². The summed E-state index contributed by atoms with van der Waals surface area (Å²) in [6, 6.07) is 0.0472. The summed E-state index contributed by atoms with van der Waals surface area (Å²) in [5.74, 6) is 0. The second kappa shape index (κ2) is 5.21. The topological polar surface area (TPSA) is 52.0 Å². The van der Waals surface area contributed by atoms with Crippen molar-refractivity contribution < 1.29 is 0 Å². The van der Waals surface area contributed by atoms with E-state index in [0.717, 1.165) is 12.8 Å². The molecule has 0 radical (unpaired) electrons. The van der Waals surface area contributed by atoms with Gasteiger partial charge in [0.2, 0.25) is 0 Å². The third kappa shape index (κ3) is 3.43. The molecular formula is C8H16N2. The average molecular weight is 140 g/mol. The van der Waals surface area contributed by atoms with Crippen LogP contribution in [0.4, 0.5) is 0 Å². The molecule has 0 aromatic heterocycles. The Kier molecular flexibility index (Phi) is 4.89. The van der Waals surface area contributed by atoms with Gasteiger partial charge >= 0.3 is 0 Å². The molecule has 0 aliphatic heterocycles. The highest BCUT2D eigenvalue weighted by Crippen LogP contribution is 1.98. The molecule has 0 saturated heterocycles. The molecule has 0 bridgehead atoms. The molecule has 10 heavy (non-hydrogen) atoms. The minimum absolute atomic E-state index is 0.0236. The van der Waals surface area contributed by atoms with Crippen LogP contribution in [0.15, 0.2) is 25.3 Å². The highest BCUT2D eigenvalue weighted by atomic mass is 14.8. The fraction of sp³-hybridized carbons (Fsp3) is 0.500. The fourth-order valence-electron chi connectivity index (χ4n) is 0.734. The van der Waals surface area contributed by atoms with Crippen LogP contribution in [-0.4, -0.2) is 12.1 Å². The molecule has 58 valence electrons. The number of hydrogen-bond donors (Lipinski definition) is 2. The highest BCUT2D eigenvalue weighted by molar-refractivity contribution is 4.87. The Morgan fingerprint density at radius 1 is 1.00 bits per heavy atom. The molecule has 2 atom stereocenters. The first-order chi connectivity index (χ1) is 4.72. The molecule has 0 aromatic carbocycles. The zero-order valence-electron chi connectivity index (χ0n) is 6.29. The SMILES string of the molecule is C=CCC(N)C(N)CC=C. The smallest absolute Gasteiger partial charge is 0.0230 e. The summed E-state index contributed by atoms with van der Waals surface area (Å²) in [7, 11) is 0. The Labute approximate surface area is 62.6 Å². The molecule has 4 N–H and O–H groups in total. The second-order valence-electron chi connectivity index (χ2n) is 2.38. The van der Waals surface area contributed by atoms with Crippen LogP contribution in [0.1, 0.15) is 12.8 Å². The zero-order chi connectivity index (χ0) is 7.98. The van der Waals surface area contributed by atoms with Crippen molar-refractivity contribution in [1.29, 1.82) is 0 Å². The van der Waals surface area contributed by atoms with Crippen molar-refractivity contribution >= 4 is 0 Å². The summed E-state index contributed by atoms with van der Waals surface area (Å²) in [6.07, 6.45) is 5.12. The van der Waals surface area contributed by atoms with Crippen molar-refractivity contribution in [1.82, 2.24) is 0 Å². The molecule has 0 aliphatic carbocycles. The zero-order valence-corrected chi connectivity index (χ0v) is 6.29. The quantitative estimate of drug-likeness (QED) is 0.555. The maximum Gasteiger partial charge on any atom is 0.0230 e. The van der Waals surface area contributed by atoms with E-state index in [1.807, 2.05) is 0 Å². The molecule has 0 heterocycles. The number of hydrogen-bond acceptors (Lipinski definition) is 2. The third-order valence-corrected chi connectivity index (χ3v) is 1.43. The van der Waals surface area contributed by atoms with Gasteiger partial charge in [0.1, 0.15) is 0 Å². The van der Waals surface area contributed by atoms with Gasteiger partial charge in [0.25, 0.3) is 0 Å². The number of rotatable bonds is 5. The summed E-state index contributed by atoms with van der Waals surface area (Å²) in [5.41, 5.74) is 11.3. The van der Waals surface area contributed by atoms with E-state index in [2.05, 4.69) is 13.2 Å². The molecule has 0 aliphatic rings. The van der Waals surface area contributed by atoms with Crippen LogP contribution in [0.3, 0.4) is 0 Å². The summed E-state index contributed by atoms with van der Waals surface area (Å²) in [4.78, 5) is 0. The maximum atomic E-state index is 5.67. The van der Waals surface area contributed by atoms with Crippen LogP contribution in [-0.2, 0) is 0 Å². The lowest BCUT2D eigenvalue weighted by Gasteiger charge is -2.15. The second-order valence-corrected chi connectivity index (χ2v) is 2.38. The van der Waals surface area contributed by atoms with E-state index >= 15 is 0 Å². The van der Waals surface area contributed by atoms with Crippen molar-refractivity contribution in [3.63, 3.8) is 0 Å². The molecule has 2 unspecified atom stereocenters. The van der Waals surface area contributed by atoms with Gasteiger partial charge in [-0.25, -0.2) is 0 Å². The molecule has 0 rings (SSSR count). The molecule has 0 aromatic rings. The first-order valence-corrected chi connectivity index (χ1v) is 3.45. The molecule has 0 fully saturated rings. The first kappa shape index (κ1) is 9.40. The van der Waals surface area contributed by atoms with Gasteiger partial charge in [-0.3, -0.25) is 0 Å². The van der Waals surface area contributed by atoms with Gasteiger partial charge < -0.3 is 11.5 Å². The summed E-state index contributed by atoms with van der Waals surface area (Å²) in [5, 5.41) is 0. The molecule has 0 spiro atoms. The molecule has 0 saturated carbocycles. The Morgan fingerprint density at radius 2 is 1.30 bits per heavy atom. The largest absolute Gasteiger partial charge is 0.326 e. The minimum atomic E-state index is 0.0236. The van der Waals surface area contributed by atoms with Gasteiger partial charge in [-0.05, 0) is 12.8 Å². The first-order valence-electron chi connectivity index (χ1n) is 3.45. The van der Waals surface area contributed by atoms with E-state index in [1.54, 1.807) is 12.2 Å². The summed E-state index contributed by atoms with van der Waals surface area (Å²) in [6.45, 7) is 7.16. The normalized spacial score (nSPS) is 15.8. The van der Waals surface area contributed by atoms with Crippen molar-refractivity contribution in [2.24, 2.45) is 11.5 Å². The van der Waals surface area contributed by atoms with Crippen LogP contribution >= 0.6 is 0 Å². The van der Waals surface area contributed by atoms with E-state index in [0.29, 0.717) is 0 Å². The van der Waals surface area contributed by atoms with Crippen LogP contribution in [0.5, 0.6) is 0 Å². The lowest BCUT2D eigenvalue weighted by atomic mass is 10.0. The van der Waals surface area contributed by atoms with E-state index in [1.165, 1.54) is 0 Å². The number of nitrogens with two attached hydrogens (primary N) is 2. The van der Waals surface area contributed by atoms with Crippen molar-refractivity contribution in [3.05, 3.63) is 25.3 Å². The summed E-state index contributed by atoms with van der Waals surface area (Å²) < 4.78 is 0. The Morgan fingerprint density at radius 3 is 1.50 bits per heavy atom. The van der Waals surface area contributed by atoms with Crippen molar-refractivity contribution in [3.8, 4) is 0 Å². The lowest BCUT2D eigenvalue weighted by molar-refractivity contribution is 0.534. The monoisotopic (exact) mass is 140 g/mol. The Bertz CT molecular complexity index is 95.8. The van der Waals surface area contributed by atoms with Crippen LogP contribution < -0.4 is 11.5 Å². The van der Waals surface area contributed by atoms with Crippen molar-refractivity contribution in [2.75, 3.05) is 0 Å². The van der Waals surface area contributed by atoms with E-state index in [-0.39, 0.29) is 12.1 Å². The average Bonchev–Trinajstić information content (AvgIpc) is 1.89. The van der Waals surface area contributed by atoms with Crippen molar-refractivity contribution in [2.45, 2.75) is 24.9 Å². The van der Waals surface area contributed by atoms with Gasteiger partial charge in [0, 0.05) is 12.1 Å². The predicted molar refractivity (Wildman–Crippen MR) is 45.6 cm³/mol. The molecule has 2 heteroatoms. The molecular weight excluding hydrogens is 124 g/mol. The molecule has 2 nitrogen and oxygen atoms in total. The summed E-state index contributed by atoms with van der Waals surface area (Å²) >= 11 is 0. The fourth-order valence-corrected chi connectivity index (χ4v) is 0.734. The highest BCUT2D eigenvalue weighted by Gasteiger charge is 2.08. The minimum Gasteiger partial charge on any atom is -0.326 e. The third-order valence-electron chi connectivity index (χ3n) is 1.43. The van der Waals surface area contributed by atoms with Gasteiger partial charge in [0.15, 0.2) is 0 Å². The van der Waals surface area contributed by atoms with Crippen LogP contribution in [0.25, 0.3) is 0 Å². The van der Waals surface area contributed by atoms with E-state index in [9.17, 15) is 0 Å². The Hall–Kier alpha value is -0.600. The molecule has 0 amide bonds. The van der Waals surface area contributed by atoms with Gasteiger partial charge in [-0.1, -0.05) is 12.2 Å². The van der Waals surface area contributed by atoms with Gasteiger partial charge in [-0.15, -0.1) is 13.2 Å². The Balaban J connectivity index is 3.56.